The summed E-state index contributed by atoms with van der Waals surface area (Å²) in [7, 11) is 0. The van der Waals surface area contributed by atoms with Crippen LogP contribution in [0.15, 0.2) is 59.5 Å². The molecule has 0 atom stereocenters. The molecule has 0 aliphatic carbocycles. The fourth-order valence-corrected chi connectivity index (χ4v) is 3.99. The molecule has 0 radical (unpaired) electrons. The van der Waals surface area contributed by atoms with E-state index in [1.807, 2.05) is 60.2 Å². The zero-order chi connectivity index (χ0) is 19.3. The molecule has 1 aromatic carbocycles. The molecule has 0 spiro atoms. The Balaban J connectivity index is 1.46. The maximum atomic E-state index is 12.8. The molecule has 1 fully saturated rings. The van der Waals surface area contributed by atoms with Gasteiger partial charge in [0.15, 0.2) is 0 Å². The van der Waals surface area contributed by atoms with Crippen molar-refractivity contribution in [3.05, 3.63) is 82.3 Å². The van der Waals surface area contributed by atoms with Gasteiger partial charge in [-0.05, 0) is 50.6 Å². The van der Waals surface area contributed by atoms with Gasteiger partial charge in [-0.2, -0.15) is 5.10 Å². The van der Waals surface area contributed by atoms with Gasteiger partial charge in [0.05, 0.1) is 12.2 Å². The summed E-state index contributed by atoms with van der Waals surface area (Å²) in [6, 6.07) is 16.1. The van der Waals surface area contributed by atoms with Crippen molar-refractivity contribution < 1.29 is 0 Å². The van der Waals surface area contributed by atoms with Crippen molar-refractivity contribution in [3.8, 4) is 0 Å². The molecule has 0 amide bonds. The normalized spacial score (nSPS) is 15.8. The molecule has 4 rings (SSSR count). The second-order valence-electron chi connectivity index (χ2n) is 7.40. The van der Waals surface area contributed by atoms with E-state index in [-0.39, 0.29) is 5.69 Å². The van der Waals surface area contributed by atoms with E-state index in [1.54, 1.807) is 4.68 Å². The van der Waals surface area contributed by atoms with Gasteiger partial charge in [-0.15, -0.1) is 0 Å². The molecule has 0 unspecified atom stereocenters. The fourth-order valence-electron chi connectivity index (χ4n) is 3.99. The molecule has 0 saturated carbocycles. The molecule has 6 nitrogen and oxygen atoms in total. The first-order chi connectivity index (χ1) is 13.7. The van der Waals surface area contributed by atoms with Crippen molar-refractivity contribution >= 4 is 0 Å². The number of rotatable bonds is 6. The SMILES string of the molecule is CCn1c(C2CCN(Cc3ccccn3)CC2)nn(Cc2ccccc2)c1=O. The van der Waals surface area contributed by atoms with E-state index >= 15 is 0 Å². The van der Waals surface area contributed by atoms with E-state index in [4.69, 9.17) is 5.10 Å². The van der Waals surface area contributed by atoms with Crippen LogP contribution in [0.4, 0.5) is 0 Å². The lowest BCUT2D eigenvalue weighted by atomic mass is 9.96. The van der Waals surface area contributed by atoms with Crippen LogP contribution in [0.5, 0.6) is 0 Å². The fraction of sp³-hybridized carbons (Fsp3) is 0.409. The second-order valence-corrected chi connectivity index (χ2v) is 7.40. The highest BCUT2D eigenvalue weighted by atomic mass is 16.2. The van der Waals surface area contributed by atoms with Crippen LogP contribution in [0.3, 0.4) is 0 Å². The Morgan fingerprint density at radius 1 is 1.00 bits per heavy atom. The summed E-state index contributed by atoms with van der Waals surface area (Å²) in [5.74, 6) is 1.28. The molecule has 2 aromatic heterocycles. The highest BCUT2D eigenvalue weighted by Crippen LogP contribution is 2.27. The summed E-state index contributed by atoms with van der Waals surface area (Å²) in [6.45, 7) is 6.11. The van der Waals surface area contributed by atoms with Gasteiger partial charge in [0, 0.05) is 25.2 Å². The minimum Gasteiger partial charge on any atom is -0.297 e. The van der Waals surface area contributed by atoms with Crippen molar-refractivity contribution in [2.45, 2.75) is 45.3 Å². The first-order valence-electron chi connectivity index (χ1n) is 10.1. The van der Waals surface area contributed by atoms with Crippen LogP contribution in [-0.4, -0.2) is 37.3 Å². The van der Waals surface area contributed by atoms with Gasteiger partial charge in [0.25, 0.3) is 0 Å². The van der Waals surface area contributed by atoms with Gasteiger partial charge < -0.3 is 0 Å². The number of hydrogen-bond acceptors (Lipinski definition) is 4. The molecule has 0 bridgehead atoms. The monoisotopic (exact) mass is 377 g/mol. The van der Waals surface area contributed by atoms with Gasteiger partial charge >= 0.3 is 5.69 Å². The van der Waals surface area contributed by atoms with E-state index in [0.717, 1.165) is 49.6 Å². The van der Waals surface area contributed by atoms with Crippen molar-refractivity contribution in [2.24, 2.45) is 0 Å². The zero-order valence-electron chi connectivity index (χ0n) is 16.4. The first-order valence-corrected chi connectivity index (χ1v) is 10.1. The van der Waals surface area contributed by atoms with E-state index in [0.29, 0.717) is 19.0 Å². The molecule has 3 heterocycles. The number of aromatic nitrogens is 4. The number of hydrogen-bond donors (Lipinski definition) is 0. The predicted molar refractivity (Wildman–Crippen MR) is 109 cm³/mol. The molecule has 3 aromatic rings. The maximum absolute atomic E-state index is 12.8. The van der Waals surface area contributed by atoms with E-state index in [1.165, 1.54) is 0 Å². The predicted octanol–water partition coefficient (Wildman–Crippen LogP) is 2.89. The molecule has 28 heavy (non-hydrogen) atoms. The van der Waals surface area contributed by atoms with Crippen LogP contribution in [-0.2, 0) is 19.6 Å². The van der Waals surface area contributed by atoms with Crippen molar-refractivity contribution in [1.29, 1.82) is 0 Å². The summed E-state index contributed by atoms with van der Waals surface area (Å²) in [5.41, 5.74) is 2.21. The van der Waals surface area contributed by atoms with Crippen molar-refractivity contribution in [3.63, 3.8) is 0 Å². The highest BCUT2D eigenvalue weighted by molar-refractivity contribution is 5.15. The Morgan fingerprint density at radius 3 is 2.43 bits per heavy atom. The van der Waals surface area contributed by atoms with E-state index in [2.05, 4.69) is 16.0 Å². The Bertz CT molecular complexity index is 940. The molecule has 1 saturated heterocycles. The molecule has 1 aliphatic heterocycles. The minimum absolute atomic E-state index is 0.00253. The highest BCUT2D eigenvalue weighted by Gasteiger charge is 2.26. The van der Waals surface area contributed by atoms with Crippen LogP contribution in [0.25, 0.3) is 0 Å². The van der Waals surface area contributed by atoms with E-state index in [9.17, 15) is 4.79 Å². The largest absolute Gasteiger partial charge is 0.346 e. The average Bonchev–Trinajstić information content (AvgIpc) is 3.05. The third kappa shape index (κ3) is 4.07. The molecular formula is C22H27N5O. The van der Waals surface area contributed by atoms with Crippen molar-refractivity contribution in [1.82, 2.24) is 24.2 Å². The molecular weight excluding hydrogens is 350 g/mol. The van der Waals surface area contributed by atoms with Gasteiger partial charge in [-0.25, -0.2) is 9.48 Å². The Labute approximate surface area is 165 Å². The Hall–Kier alpha value is -2.73. The average molecular weight is 377 g/mol. The van der Waals surface area contributed by atoms with Crippen LogP contribution in [0.2, 0.25) is 0 Å². The number of piperidine rings is 1. The zero-order valence-corrected chi connectivity index (χ0v) is 16.4. The third-order valence-corrected chi connectivity index (χ3v) is 5.51. The summed E-state index contributed by atoms with van der Waals surface area (Å²) in [6.07, 6.45) is 3.89. The maximum Gasteiger partial charge on any atom is 0.346 e. The number of pyridine rings is 1. The van der Waals surface area contributed by atoms with Crippen LogP contribution in [0, 0.1) is 0 Å². The molecule has 6 heteroatoms. The summed E-state index contributed by atoms with van der Waals surface area (Å²) < 4.78 is 3.47. The topological polar surface area (TPSA) is 56.0 Å². The third-order valence-electron chi connectivity index (χ3n) is 5.51. The van der Waals surface area contributed by atoms with Gasteiger partial charge in [0.2, 0.25) is 0 Å². The minimum atomic E-state index is -0.00253. The lowest BCUT2D eigenvalue weighted by Crippen LogP contribution is -2.34. The van der Waals surface area contributed by atoms with E-state index < -0.39 is 0 Å². The molecule has 0 N–H and O–H groups in total. The standard InChI is InChI=1S/C22H27N5O/c1-2-26-21(24-27(22(26)28)16-18-8-4-3-5-9-18)19-11-14-25(15-12-19)17-20-10-6-7-13-23-20/h3-10,13,19H,2,11-12,14-17H2,1H3. The summed E-state index contributed by atoms with van der Waals surface area (Å²) in [5, 5.41) is 4.74. The quantitative estimate of drug-likeness (QED) is 0.663. The van der Waals surface area contributed by atoms with Gasteiger partial charge in [-0.1, -0.05) is 36.4 Å². The lowest BCUT2D eigenvalue weighted by Gasteiger charge is -2.31. The lowest BCUT2D eigenvalue weighted by molar-refractivity contribution is 0.198. The number of likely N-dealkylation sites (tertiary alicyclic amines) is 1. The van der Waals surface area contributed by atoms with Crippen LogP contribution < -0.4 is 5.69 Å². The Morgan fingerprint density at radius 2 is 1.75 bits per heavy atom. The number of benzene rings is 1. The molecule has 1 aliphatic rings. The smallest absolute Gasteiger partial charge is 0.297 e. The molecule has 146 valence electrons. The Kier molecular flexibility index (Phi) is 5.67. The number of nitrogens with zero attached hydrogens (tertiary/aromatic N) is 5. The second kappa shape index (κ2) is 8.52. The first kappa shape index (κ1) is 18.6. The van der Waals surface area contributed by atoms with Crippen LogP contribution >= 0.6 is 0 Å². The summed E-state index contributed by atoms with van der Waals surface area (Å²) >= 11 is 0. The van der Waals surface area contributed by atoms with Gasteiger partial charge in [-0.3, -0.25) is 14.5 Å². The summed E-state index contributed by atoms with van der Waals surface area (Å²) in [4.78, 5) is 19.7. The van der Waals surface area contributed by atoms with Crippen LogP contribution in [0.1, 0.15) is 42.8 Å². The van der Waals surface area contributed by atoms with Gasteiger partial charge in [0.1, 0.15) is 5.82 Å². The van der Waals surface area contributed by atoms with Crippen molar-refractivity contribution in [2.75, 3.05) is 13.1 Å².